The first-order valence-corrected chi connectivity index (χ1v) is 6.94. The molecule has 1 aromatic heterocycles. The third-order valence-electron chi connectivity index (χ3n) is 2.09. The number of benzene rings is 1. The Kier molecular flexibility index (Phi) is 4.64. The van der Waals surface area contributed by atoms with E-state index in [9.17, 15) is 14.9 Å². The molecule has 20 heavy (non-hydrogen) atoms. The third-order valence-corrected chi connectivity index (χ3v) is 3.44. The number of aromatic nitrogens is 1. The second-order valence-corrected chi connectivity index (χ2v) is 5.48. The van der Waals surface area contributed by atoms with Crippen molar-refractivity contribution in [2.24, 2.45) is 0 Å². The van der Waals surface area contributed by atoms with Gasteiger partial charge in [-0.2, -0.15) is 0 Å². The molecule has 1 aromatic carbocycles. The fourth-order valence-corrected chi connectivity index (χ4v) is 2.30. The SMILES string of the molecule is O=C(COc1cccc(Br)c1)Nc1ncc([N+](=O)[O-])s1. The van der Waals surface area contributed by atoms with Crippen LogP contribution in [0.2, 0.25) is 0 Å². The molecule has 2 rings (SSSR count). The number of thiazole rings is 1. The predicted molar refractivity (Wildman–Crippen MR) is 77.0 cm³/mol. The Morgan fingerprint density at radius 1 is 1.55 bits per heavy atom. The Morgan fingerprint density at radius 3 is 3.00 bits per heavy atom. The number of nitrogens with one attached hydrogen (secondary N) is 1. The summed E-state index contributed by atoms with van der Waals surface area (Å²) >= 11 is 4.07. The molecule has 0 unspecified atom stereocenters. The summed E-state index contributed by atoms with van der Waals surface area (Å²) < 4.78 is 6.11. The van der Waals surface area contributed by atoms with E-state index in [4.69, 9.17) is 4.74 Å². The van der Waals surface area contributed by atoms with Gasteiger partial charge in [0, 0.05) is 4.47 Å². The first kappa shape index (κ1) is 14.4. The average Bonchev–Trinajstić information content (AvgIpc) is 2.85. The number of hydrogen-bond acceptors (Lipinski definition) is 6. The van der Waals surface area contributed by atoms with Gasteiger partial charge < -0.3 is 4.74 Å². The molecule has 1 heterocycles. The molecule has 0 spiro atoms. The van der Waals surface area contributed by atoms with Crippen molar-refractivity contribution in [1.29, 1.82) is 0 Å². The summed E-state index contributed by atoms with van der Waals surface area (Å²) in [5.41, 5.74) is 0. The fraction of sp³-hybridized carbons (Fsp3) is 0.0909. The molecule has 0 fully saturated rings. The molecular weight excluding hydrogens is 350 g/mol. The highest BCUT2D eigenvalue weighted by atomic mass is 79.9. The maximum Gasteiger partial charge on any atom is 0.345 e. The topological polar surface area (TPSA) is 94.4 Å². The van der Waals surface area contributed by atoms with Crippen molar-refractivity contribution >= 4 is 43.3 Å². The molecule has 0 saturated carbocycles. The first-order chi connectivity index (χ1) is 9.54. The van der Waals surface area contributed by atoms with Crippen LogP contribution in [0.4, 0.5) is 10.1 Å². The standard InChI is InChI=1S/C11H8BrN3O4S/c12-7-2-1-3-8(4-7)19-6-9(16)14-11-13-5-10(20-11)15(17)18/h1-5H,6H2,(H,13,14,16). The highest BCUT2D eigenvalue weighted by molar-refractivity contribution is 9.10. The number of rotatable bonds is 5. The number of anilines is 1. The maximum absolute atomic E-state index is 11.6. The van der Waals surface area contributed by atoms with E-state index >= 15 is 0 Å². The number of nitro groups is 1. The van der Waals surface area contributed by atoms with Crippen LogP contribution in [0.25, 0.3) is 0 Å². The van der Waals surface area contributed by atoms with E-state index in [1.165, 1.54) is 0 Å². The smallest absolute Gasteiger partial charge is 0.345 e. The number of ether oxygens (including phenoxy) is 1. The number of carbonyl (C=O) groups is 1. The molecule has 104 valence electrons. The lowest BCUT2D eigenvalue weighted by molar-refractivity contribution is -0.380. The van der Waals surface area contributed by atoms with Gasteiger partial charge in [-0.1, -0.05) is 22.0 Å². The predicted octanol–water partition coefficient (Wildman–Crippen LogP) is 2.83. The van der Waals surface area contributed by atoms with Gasteiger partial charge in [-0.05, 0) is 29.5 Å². The summed E-state index contributed by atoms with van der Waals surface area (Å²) in [5, 5.41) is 12.9. The van der Waals surface area contributed by atoms with E-state index in [1.54, 1.807) is 18.2 Å². The molecule has 7 nitrogen and oxygen atoms in total. The van der Waals surface area contributed by atoms with Gasteiger partial charge in [0.25, 0.3) is 5.91 Å². The van der Waals surface area contributed by atoms with Crippen LogP contribution in [0.3, 0.4) is 0 Å². The number of carbonyl (C=O) groups excluding carboxylic acids is 1. The van der Waals surface area contributed by atoms with Crippen LogP contribution in [0.1, 0.15) is 0 Å². The molecule has 0 aliphatic heterocycles. The molecule has 1 amide bonds. The zero-order valence-electron chi connectivity index (χ0n) is 9.91. The second-order valence-electron chi connectivity index (χ2n) is 3.55. The van der Waals surface area contributed by atoms with Crippen molar-refractivity contribution in [3.05, 3.63) is 45.0 Å². The van der Waals surface area contributed by atoms with Crippen LogP contribution in [0.15, 0.2) is 34.9 Å². The van der Waals surface area contributed by atoms with E-state index < -0.39 is 10.8 Å². The lowest BCUT2D eigenvalue weighted by atomic mass is 10.3. The van der Waals surface area contributed by atoms with Gasteiger partial charge >= 0.3 is 5.00 Å². The summed E-state index contributed by atoms with van der Waals surface area (Å²) in [7, 11) is 0. The van der Waals surface area contributed by atoms with Gasteiger partial charge in [0.05, 0.1) is 4.92 Å². The highest BCUT2D eigenvalue weighted by Crippen LogP contribution is 2.24. The lowest BCUT2D eigenvalue weighted by Gasteiger charge is -2.05. The van der Waals surface area contributed by atoms with E-state index in [2.05, 4.69) is 26.2 Å². The number of amides is 1. The summed E-state index contributed by atoms with van der Waals surface area (Å²) in [6, 6.07) is 7.05. The maximum atomic E-state index is 11.6. The van der Waals surface area contributed by atoms with Gasteiger partial charge in [-0.25, -0.2) is 4.98 Å². The monoisotopic (exact) mass is 357 g/mol. The van der Waals surface area contributed by atoms with Gasteiger partial charge in [0.2, 0.25) is 0 Å². The molecule has 0 radical (unpaired) electrons. The summed E-state index contributed by atoms with van der Waals surface area (Å²) in [6.45, 7) is -0.205. The Labute approximate surface area is 125 Å². The van der Waals surface area contributed by atoms with Gasteiger partial charge in [0.15, 0.2) is 11.7 Å². The largest absolute Gasteiger partial charge is 0.484 e. The van der Waals surface area contributed by atoms with Crippen LogP contribution in [-0.4, -0.2) is 22.4 Å². The Morgan fingerprint density at radius 2 is 2.35 bits per heavy atom. The minimum absolute atomic E-state index is 0.131. The molecule has 1 N–H and O–H groups in total. The molecule has 0 aliphatic carbocycles. The van der Waals surface area contributed by atoms with Gasteiger partial charge in [0.1, 0.15) is 11.9 Å². The minimum Gasteiger partial charge on any atom is -0.484 e. The highest BCUT2D eigenvalue weighted by Gasteiger charge is 2.13. The molecule has 0 atom stereocenters. The van der Waals surface area contributed by atoms with Crippen molar-refractivity contribution in [2.75, 3.05) is 11.9 Å². The Bertz CT molecular complexity index is 646. The van der Waals surface area contributed by atoms with E-state index in [-0.39, 0.29) is 16.7 Å². The average molecular weight is 358 g/mol. The Balaban J connectivity index is 1.87. The molecule has 0 saturated heterocycles. The molecular formula is C11H8BrN3O4S. The van der Waals surface area contributed by atoms with Crippen molar-refractivity contribution in [2.45, 2.75) is 0 Å². The van der Waals surface area contributed by atoms with Crippen LogP contribution >= 0.6 is 27.3 Å². The summed E-state index contributed by atoms with van der Waals surface area (Å²) in [5.74, 6) is 0.105. The number of hydrogen-bond donors (Lipinski definition) is 1. The molecule has 0 aliphatic rings. The van der Waals surface area contributed by atoms with Gasteiger partial charge in [-0.15, -0.1) is 0 Å². The van der Waals surface area contributed by atoms with Gasteiger partial charge in [-0.3, -0.25) is 20.2 Å². The molecule has 9 heteroatoms. The minimum atomic E-state index is -0.564. The fourth-order valence-electron chi connectivity index (χ4n) is 1.27. The van der Waals surface area contributed by atoms with Crippen molar-refractivity contribution in [1.82, 2.24) is 4.98 Å². The third kappa shape index (κ3) is 4.00. The van der Waals surface area contributed by atoms with Crippen LogP contribution in [0.5, 0.6) is 5.75 Å². The first-order valence-electron chi connectivity index (χ1n) is 5.33. The summed E-state index contributed by atoms with van der Waals surface area (Å²) in [6.07, 6.45) is 1.09. The van der Waals surface area contributed by atoms with Crippen LogP contribution < -0.4 is 10.1 Å². The summed E-state index contributed by atoms with van der Waals surface area (Å²) in [4.78, 5) is 25.2. The molecule has 0 bridgehead atoms. The Hall–Kier alpha value is -2.00. The lowest BCUT2D eigenvalue weighted by Crippen LogP contribution is -2.19. The quantitative estimate of drug-likeness (QED) is 0.655. The second kappa shape index (κ2) is 6.44. The van der Waals surface area contributed by atoms with E-state index in [0.29, 0.717) is 5.75 Å². The van der Waals surface area contributed by atoms with E-state index in [0.717, 1.165) is 22.0 Å². The zero-order valence-corrected chi connectivity index (χ0v) is 12.3. The zero-order chi connectivity index (χ0) is 14.5. The molecule has 2 aromatic rings. The van der Waals surface area contributed by atoms with Crippen molar-refractivity contribution in [3.63, 3.8) is 0 Å². The van der Waals surface area contributed by atoms with Crippen molar-refractivity contribution < 1.29 is 14.5 Å². The van der Waals surface area contributed by atoms with Crippen molar-refractivity contribution in [3.8, 4) is 5.75 Å². The number of halogens is 1. The van der Waals surface area contributed by atoms with Crippen LogP contribution in [-0.2, 0) is 4.79 Å². The number of nitrogens with zero attached hydrogens (tertiary/aromatic N) is 2. The van der Waals surface area contributed by atoms with Crippen LogP contribution in [0, 0.1) is 10.1 Å². The van der Waals surface area contributed by atoms with E-state index in [1.807, 2.05) is 6.07 Å². The normalized spacial score (nSPS) is 10.1.